The van der Waals surface area contributed by atoms with Crippen LogP contribution in [0.3, 0.4) is 0 Å². The number of hydrogen-bond acceptors (Lipinski definition) is 3. The number of allylic oxidation sites excluding steroid dienone is 1. The van der Waals surface area contributed by atoms with Crippen molar-refractivity contribution in [2.24, 2.45) is 11.3 Å². The Hall–Kier alpha value is -1.32. The number of rotatable bonds is 8. The van der Waals surface area contributed by atoms with Crippen molar-refractivity contribution in [1.29, 1.82) is 0 Å². The maximum atomic E-state index is 12.0. The number of carboxylic acid groups (broad SMARTS) is 1. The van der Waals surface area contributed by atoms with Crippen LogP contribution in [0.15, 0.2) is 12.2 Å². The van der Waals surface area contributed by atoms with Crippen LogP contribution in [0.1, 0.15) is 47.0 Å². The van der Waals surface area contributed by atoms with Crippen molar-refractivity contribution in [2.75, 3.05) is 6.61 Å². The van der Waals surface area contributed by atoms with E-state index in [0.717, 1.165) is 5.57 Å². The molecule has 1 atom stereocenters. The van der Waals surface area contributed by atoms with Crippen LogP contribution in [0, 0.1) is 11.3 Å². The minimum Gasteiger partial charge on any atom is -0.480 e. The Bertz CT molecular complexity index is 320. The minimum absolute atomic E-state index is 0.0927. The highest BCUT2D eigenvalue weighted by Gasteiger charge is 2.48. The van der Waals surface area contributed by atoms with Gasteiger partial charge in [0.15, 0.2) is 5.41 Å². The molecule has 4 heteroatoms. The largest absolute Gasteiger partial charge is 0.480 e. The number of esters is 1. The summed E-state index contributed by atoms with van der Waals surface area (Å²) in [7, 11) is 0. The molecule has 4 nitrogen and oxygen atoms in total. The molecule has 18 heavy (non-hydrogen) atoms. The second-order valence-corrected chi connectivity index (χ2v) is 4.99. The Morgan fingerprint density at radius 1 is 1.33 bits per heavy atom. The summed E-state index contributed by atoms with van der Waals surface area (Å²) in [6, 6.07) is 0. The summed E-state index contributed by atoms with van der Waals surface area (Å²) in [5.41, 5.74) is -0.733. The van der Waals surface area contributed by atoms with Crippen molar-refractivity contribution < 1.29 is 19.4 Å². The van der Waals surface area contributed by atoms with E-state index in [1.165, 1.54) is 0 Å². The molecule has 0 aliphatic carbocycles. The SMILES string of the molecule is C=C(CC)CC(CC(C)C)(C(=O)O)C(=O)OCC. The Balaban J connectivity index is 5.34. The van der Waals surface area contributed by atoms with E-state index in [4.69, 9.17) is 4.74 Å². The molecule has 0 radical (unpaired) electrons. The van der Waals surface area contributed by atoms with Crippen LogP contribution >= 0.6 is 0 Å². The molecular formula is C14H24O4. The van der Waals surface area contributed by atoms with Crippen LogP contribution in [-0.2, 0) is 14.3 Å². The maximum Gasteiger partial charge on any atom is 0.323 e. The van der Waals surface area contributed by atoms with E-state index in [0.29, 0.717) is 6.42 Å². The van der Waals surface area contributed by atoms with Crippen LogP contribution in [0.4, 0.5) is 0 Å². The topological polar surface area (TPSA) is 63.6 Å². The average molecular weight is 256 g/mol. The lowest BCUT2D eigenvalue weighted by Crippen LogP contribution is -2.42. The highest BCUT2D eigenvalue weighted by atomic mass is 16.5. The van der Waals surface area contributed by atoms with Crippen molar-refractivity contribution in [2.45, 2.75) is 47.0 Å². The molecule has 0 saturated heterocycles. The van der Waals surface area contributed by atoms with Gasteiger partial charge in [0.05, 0.1) is 6.61 Å². The van der Waals surface area contributed by atoms with Gasteiger partial charge in [0.25, 0.3) is 0 Å². The number of hydrogen-bond donors (Lipinski definition) is 1. The highest BCUT2D eigenvalue weighted by Crippen LogP contribution is 2.36. The van der Waals surface area contributed by atoms with Gasteiger partial charge >= 0.3 is 11.9 Å². The smallest absolute Gasteiger partial charge is 0.323 e. The molecule has 0 aliphatic rings. The monoisotopic (exact) mass is 256 g/mol. The van der Waals surface area contributed by atoms with Gasteiger partial charge in [-0.2, -0.15) is 0 Å². The van der Waals surface area contributed by atoms with Gasteiger partial charge < -0.3 is 9.84 Å². The molecule has 104 valence electrons. The van der Waals surface area contributed by atoms with E-state index in [1.54, 1.807) is 6.92 Å². The molecule has 0 aromatic rings. The zero-order valence-electron chi connectivity index (χ0n) is 11.8. The van der Waals surface area contributed by atoms with Crippen molar-refractivity contribution in [3.05, 3.63) is 12.2 Å². The first-order valence-electron chi connectivity index (χ1n) is 6.37. The fourth-order valence-corrected chi connectivity index (χ4v) is 2.00. The molecule has 0 saturated carbocycles. The predicted octanol–water partition coefficient (Wildman–Crippen LogP) is 3.02. The molecule has 0 rings (SSSR count). The van der Waals surface area contributed by atoms with E-state index >= 15 is 0 Å². The number of carbonyl (C=O) groups is 2. The molecule has 0 fully saturated rings. The molecule has 1 unspecified atom stereocenters. The normalized spacial score (nSPS) is 14.1. The number of ether oxygens (including phenoxy) is 1. The first-order valence-corrected chi connectivity index (χ1v) is 6.37. The summed E-state index contributed by atoms with van der Waals surface area (Å²) in [5.74, 6) is -1.68. The van der Waals surface area contributed by atoms with Gasteiger partial charge in [-0.05, 0) is 32.1 Å². The standard InChI is InChI=1S/C14H24O4/c1-6-11(5)9-14(12(15)16,8-10(3)4)13(17)18-7-2/h10H,5-9H2,1-4H3,(H,15,16). The van der Waals surface area contributed by atoms with Gasteiger partial charge in [-0.1, -0.05) is 32.9 Å². The molecule has 0 aromatic carbocycles. The molecule has 0 amide bonds. The fraction of sp³-hybridized carbons (Fsp3) is 0.714. The van der Waals surface area contributed by atoms with Crippen LogP contribution in [0.2, 0.25) is 0 Å². The average Bonchev–Trinajstić information content (AvgIpc) is 2.27. The fourth-order valence-electron chi connectivity index (χ4n) is 2.00. The summed E-state index contributed by atoms with van der Waals surface area (Å²) < 4.78 is 4.95. The number of carboxylic acids is 1. The summed E-state index contributed by atoms with van der Waals surface area (Å²) in [6.07, 6.45) is 1.07. The zero-order chi connectivity index (χ0) is 14.3. The van der Waals surface area contributed by atoms with Gasteiger partial charge in [-0.3, -0.25) is 9.59 Å². The summed E-state index contributed by atoms with van der Waals surface area (Å²) in [5, 5.41) is 9.47. The Kier molecular flexibility index (Phi) is 6.66. The summed E-state index contributed by atoms with van der Waals surface area (Å²) >= 11 is 0. The van der Waals surface area contributed by atoms with Gasteiger partial charge in [0.2, 0.25) is 0 Å². The molecule has 0 aliphatic heterocycles. The molecule has 0 heterocycles. The van der Waals surface area contributed by atoms with E-state index in [2.05, 4.69) is 6.58 Å². The van der Waals surface area contributed by atoms with Crippen LogP contribution < -0.4 is 0 Å². The molecular weight excluding hydrogens is 232 g/mol. The van der Waals surface area contributed by atoms with Crippen LogP contribution in [0.25, 0.3) is 0 Å². The zero-order valence-corrected chi connectivity index (χ0v) is 11.8. The lowest BCUT2D eigenvalue weighted by atomic mass is 9.75. The van der Waals surface area contributed by atoms with E-state index in [-0.39, 0.29) is 25.4 Å². The molecule has 0 bridgehead atoms. The van der Waals surface area contributed by atoms with Gasteiger partial charge in [0, 0.05) is 0 Å². The second-order valence-electron chi connectivity index (χ2n) is 4.99. The van der Waals surface area contributed by atoms with Gasteiger partial charge in [0.1, 0.15) is 0 Å². The van der Waals surface area contributed by atoms with E-state index in [1.807, 2.05) is 20.8 Å². The third kappa shape index (κ3) is 4.17. The van der Waals surface area contributed by atoms with Gasteiger partial charge in [-0.25, -0.2) is 0 Å². The van der Waals surface area contributed by atoms with E-state index in [9.17, 15) is 14.7 Å². The summed E-state index contributed by atoms with van der Waals surface area (Å²) in [4.78, 5) is 23.6. The van der Waals surface area contributed by atoms with Gasteiger partial charge in [-0.15, -0.1) is 0 Å². The van der Waals surface area contributed by atoms with Crippen molar-refractivity contribution in [1.82, 2.24) is 0 Å². The van der Waals surface area contributed by atoms with Crippen LogP contribution in [0.5, 0.6) is 0 Å². The van der Waals surface area contributed by atoms with Crippen LogP contribution in [-0.4, -0.2) is 23.7 Å². The minimum atomic E-state index is -1.49. The van der Waals surface area contributed by atoms with Crippen molar-refractivity contribution in [3.63, 3.8) is 0 Å². The number of aliphatic carboxylic acids is 1. The third-order valence-corrected chi connectivity index (χ3v) is 2.88. The Morgan fingerprint density at radius 2 is 1.89 bits per heavy atom. The molecule has 0 spiro atoms. The van der Waals surface area contributed by atoms with E-state index < -0.39 is 17.4 Å². The third-order valence-electron chi connectivity index (χ3n) is 2.88. The molecule has 1 N–H and O–H groups in total. The predicted molar refractivity (Wildman–Crippen MR) is 70.2 cm³/mol. The first-order chi connectivity index (χ1) is 8.30. The highest BCUT2D eigenvalue weighted by molar-refractivity contribution is 5.99. The summed E-state index contributed by atoms with van der Waals surface area (Å²) in [6.45, 7) is 11.4. The Labute approximate surface area is 109 Å². The Morgan fingerprint density at radius 3 is 2.22 bits per heavy atom. The lowest BCUT2D eigenvalue weighted by molar-refractivity contribution is -0.170. The quantitative estimate of drug-likeness (QED) is 0.412. The lowest BCUT2D eigenvalue weighted by Gasteiger charge is -2.29. The molecule has 0 aromatic heterocycles. The number of carbonyl (C=O) groups excluding carboxylic acids is 1. The van der Waals surface area contributed by atoms with Crippen molar-refractivity contribution in [3.8, 4) is 0 Å². The second kappa shape index (κ2) is 7.19. The maximum absolute atomic E-state index is 12.0. The first kappa shape index (κ1) is 16.7. The van der Waals surface area contributed by atoms with Crippen molar-refractivity contribution >= 4 is 11.9 Å².